The summed E-state index contributed by atoms with van der Waals surface area (Å²) in [5, 5.41) is 3.59. The van der Waals surface area contributed by atoms with E-state index in [0.717, 1.165) is 18.0 Å². The average Bonchev–Trinajstić information content (AvgIpc) is 2.71. The summed E-state index contributed by atoms with van der Waals surface area (Å²) in [4.78, 5) is 2.79. The van der Waals surface area contributed by atoms with Crippen LogP contribution >= 0.6 is 0 Å². The number of nitrogens with one attached hydrogen (secondary N) is 1. The normalized spacial score (nSPS) is 36.0. The fourth-order valence-electron chi connectivity index (χ4n) is 3.89. The summed E-state index contributed by atoms with van der Waals surface area (Å²) in [7, 11) is 2.16. The summed E-state index contributed by atoms with van der Waals surface area (Å²) in [6, 6.07) is 1.58. The van der Waals surface area contributed by atoms with Gasteiger partial charge in [-0.05, 0) is 52.1 Å². The van der Waals surface area contributed by atoms with Crippen LogP contribution in [-0.4, -0.2) is 37.1 Å². The molecule has 3 atom stereocenters. The van der Waals surface area contributed by atoms with E-state index in [1.807, 2.05) is 0 Å². The van der Waals surface area contributed by atoms with Gasteiger partial charge in [-0.2, -0.15) is 0 Å². The lowest BCUT2D eigenvalue weighted by Gasteiger charge is -2.34. The fraction of sp³-hybridized carbons (Fsp3) is 1.00. The van der Waals surface area contributed by atoms with Crippen molar-refractivity contribution in [1.29, 1.82) is 0 Å². The van der Waals surface area contributed by atoms with Crippen molar-refractivity contribution in [2.45, 2.75) is 76.8 Å². The van der Waals surface area contributed by atoms with E-state index in [0.29, 0.717) is 0 Å². The number of likely N-dealkylation sites (tertiary alicyclic amines) is 1. The zero-order valence-electron chi connectivity index (χ0n) is 12.5. The summed E-state index contributed by atoms with van der Waals surface area (Å²) in [6.07, 6.45) is 12.9. The lowest BCUT2D eigenvalue weighted by Crippen LogP contribution is -2.43. The second kappa shape index (κ2) is 7.49. The zero-order valence-corrected chi connectivity index (χ0v) is 12.5. The minimum Gasteiger partial charge on any atom is -0.317 e. The molecule has 0 aromatic carbocycles. The maximum atomic E-state index is 3.59. The number of hydrogen-bond acceptors (Lipinski definition) is 2. The molecule has 0 bridgehead atoms. The quantitative estimate of drug-likeness (QED) is 0.774. The van der Waals surface area contributed by atoms with Crippen molar-refractivity contribution in [2.75, 3.05) is 20.1 Å². The lowest BCUT2D eigenvalue weighted by molar-refractivity contribution is 0.157. The van der Waals surface area contributed by atoms with Crippen molar-refractivity contribution in [3.05, 3.63) is 0 Å². The molecule has 2 fully saturated rings. The third-order valence-corrected chi connectivity index (χ3v) is 5.19. The minimum absolute atomic E-state index is 0.767. The monoisotopic (exact) mass is 252 g/mol. The van der Waals surface area contributed by atoms with E-state index < -0.39 is 0 Å². The van der Waals surface area contributed by atoms with Gasteiger partial charge in [0.05, 0.1) is 0 Å². The molecule has 3 unspecified atom stereocenters. The highest BCUT2D eigenvalue weighted by Crippen LogP contribution is 2.26. The lowest BCUT2D eigenvalue weighted by atomic mass is 9.93. The standard InChI is InChI=1S/C16H32N2/c1-14-9-5-4-8-12-18(14)13-15-10-6-3-7-11-16(15)17-2/h14-17H,3-13H2,1-2H3. The third-order valence-electron chi connectivity index (χ3n) is 5.19. The van der Waals surface area contributed by atoms with Gasteiger partial charge >= 0.3 is 0 Å². The van der Waals surface area contributed by atoms with Crippen LogP contribution in [0, 0.1) is 5.92 Å². The molecule has 2 rings (SSSR count). The van der Waals surface area contributed by atoms with Crippen LogP contribution in [0.4, 0.5) is 0 Å². The third kappa shape index (κ3) is 3.96. The summed E-state index contributed by atoms with van der Waals surface area (Å²) in [5.74, 6) is 0.887. The number of nitrogens with zero attached hydrogens (tertiary/aromatic N) is 1. The van der Waals surface area contributed by atoms with Crippen LogP contribution in [-0.2, 0) is 0 Å². The Morgan fingerprint density at radius 3 is 2.50 bits per heavy atom. The van der Waals surface area contributed by atoms with Crippen LogP contribution in [0.1, 0.15) is 64.7 Å². The zero-order chi connectivity index (χ0) is 12.8. The van der Waals surface area contributed by atoms with E-state index in [4.69, 9.17) is 0 Å². The summed E-state index contributed by atoms with van der Waals surface area (Å²) in [5.41, 5.74) is 0. The van der Waals surface area contributed by atoms with E-state index in [2.05, 4.69) is 24.2 Å². The summed E-state index contributed by atoms with van der Waals surface area (Å²) in [6.45, 7) is 5.12. The van der Waals surface area contributed by atoms with Gasteiger partial charge in [-0.15, -0.1) is 0 Å². The van der Waals surface area contributed by atoms with Crippen molar-refractivity contribution in [3.63, 3.8) is 0 Å². The highest BCUT2D eigenvalue weighted by atomic mass is 15.2. The van der Waals surface area contributed by atoms with Crippen LogP contribution in [0.2, 0.25) is 0 Å². The topological polar surface area (TPSA) is 15.3 Å². The molecule has 106 valence electrons. The molecule has 2 nitrogen and oxygen atoms in total. The van der Waals surface area contributed by atoms with Crippen molar-refractivity contribution < 1.29 is 0 Å². The Labute approximate surface area is 114 Å². The first kappa shape index (κ1) is 14.3. The first-order valence-corrected chi connectivity index (χ1v) is 8.22. The minimum atomic E-state index is 0.767. The summed E-state index contributed by atoms with van der Waals surface area (Å²) < 4.78 is 0. The van der Waals surface area contributed by atoms with Gasteiger partial charge < -0.3 is 10.2 Å². The predicted molar refractivity (Wildman–Crippen MR) is 78.9 cm³/mol. The Morgan fingerprint density at radius 2 is 1.67 bits per heavy atom. The molecule has 1 heterocycles. The Hall–Kier alpha value is -0.0800. The highest BCUT2D eigenvalue weighted by Gasteiger charge is 2.26. The van der Waals surface area contributed by atoms with Crippen LogP contribution < -0.4 is 5.32 Å². The number of hydrogen-bond donors (Lipinski definition) is 1. The van der Waals surface area contributed by atoms with Crippen molar-refractivity contribution in [3.8, 4) is 0 Å². The molecule has 1 saturated carbocycles. The maximum Gasteiger partial charge on any atom is 0.0104 e. The van der Waals surface area contributed by atoms with Gasteiger partial charge in [-0.1, -0.05) is 32.1 Å². The highest BCUT2D eigenvalue weighted by molar-refractivity contribution is 4.83. The predicted octanol–water partition coefficient (Wildman–Crippen LogP) is 3.42. The largest absolute Gasteiger partial charge is 0.317 e. The van der Waals surface area contributed by atoms with Gasteiger partial charge in [0.2, 0.25) is 0 Å². The molecule has 0 radical (unpaired) electrons. The van der Waals surface area contributed by atoms with Crippen LogP contribution in [0.15, 0.2) is 0 Å². The molecule has 2 aliphatic rings. The van der Waals surface area contributed by atoms with Gasteiger partial charge in [-0.3, -0.25) is 0 Å². The van der Waals surface area contributed by atoms with Crippen molar-refractivity contribution in [1.82, 2.24) is 10.2 Å². The van der Waals surface area contributed by atoms with Crippen LogP contribution in [0.25, 0.3) is 0 Å². The molecule has 0 aromatic heterocycles. The molecule has 2 heteroatoms. The molecule has 1 saturated heterocycles. The van der Waals surface area contributed by atoms with E-state index >= 15 is 0 Å². The molecular weight excluding hydrogens is 220 g/mol. The molecule has 0 spiro atoms. The Morgan fingerprint density at radius 1 is 0.944 bits per heavy atom. The second-order valence-corrected chi connectivity index (χ2v) is 6.49. The Kier molecular flexibility index (Phi) is 5.97. The van der Waals surface area contributed by atoms with Crippen LogP contribution in [0.5, 0.6) is 0 Å². The summed E-state index contributed by atoms with van der Waals surface area (Å²) >= 11 is 0. The number of rotatable bonds is 3. The fourth-order valence-corrected chi connectivity index (χ4v) is 3.89. The second-order valence-electron chi connectivity index (χ2n) is 6.49. The first-order valence-electron chi connectivity index (χ1n) is 8.22. The van der Waals surface area contributed by atoms with Crippen LogP contribution in [0.3, 0.4) is 0 Å². The molecular formula is C16H32N2. The van der Waals surface area contributed by atoms with Gasteiger partial charge in [0.1, 0.15) is 0 Å². The molecule has 1 N–H and O–H groups in total. The van der Waals surface area contributed by atoms with Gasteiger partial charge in [0, 0.05) is 18.6 Å². The molecule has 1 aliphatic carbocycles. The maximum absolute atomic E-state index is 3.59. The van der Waals surface area contributed by atoms with Gasteiger partial charge in [0.15, 0.2) is 0 Å². The van der Waals surface area contributed by atoms with Gasteiger partial charge in [0.25, 0.3) is 0 Å². The molecule has 0 amide bonds. The molecule has 18 heavy (non-hydrogen) atoms. The Bertz CT molecular complexity index is 229. The van der Waals surface area contributed by atoms with Crippen molar-refractivity contribution in [2.24, 2.45) is 5.92 Å². The SMILES string of the molecule is CNC1CCCCCC1CN1CCCCCC1C. The molecule has 0 aromatic rings. The van der Waals surface area contributed by atoms with Gasteiger partial charge in [-0.25, -0.2) is 0 Å². The Balaban J connectivity index is 1.91. The van der Waals surface area contributed by atoms with E-state index in [9.17, 15) is 0 Å². The van der Waals surface area contributed by atoms with E-state index in [1.165, 1.54) is 70.9 Å². The smallest absolute Gasteiger partial charge is 0.0104 e. The molecule has 1 aliphatic heterocycles. The average molecular weight is 252 g/mol. The first-order chi connectivity index (χ1) is 8.81. The van der Waals surface area contributed by atoms with Crippen molar-refractivity contribution >= 4 is 0 Å². The van der Waals surface area contributed by atoms with E-state index in [1.54, 1.807) is 0 Å². The van der Waals surface area contributed by atoms with E-state index in [-0.39, 0.29) is 0 Å².